The number of ether oxygens (including phenoxy) is 1. The molecule has 0 fully saturated rings. The number of hydrogen-bond acceptors (Lipinski definition) is 8. The highest BCUT2D eigenvalue weighted by atomic mass is 32.2. The first kappa shape index (κ1) is 16.5. The molecule has 2 heterocycles. The fraction of sp³-hybridized carbons (Fsp3) is 0.182. The molecule has 23 heavy (non-hydrogen) atoms. The molecule has 0 aliphatic rings. The number of carbonyl (C=O) groups excluding carboxylic acids is 1. The zero-order valence-corrected chi connectivity index (χ0v) is 12.6. The van der Waals surface area contributed by atoms with Crippen LogP contribution in [0.25, 0.3) is 5.82 Å². The Labute approximate surface area is 129 Å². The average molecular weight is 341 g/mol. The first-order chi connectivity index (χ1) is 10.7. The van der Waals surface area contributed by atoms with Gasteiger partial charge in [-0.05, 0) is 13.0 Å². The van der Waals surface area contributed by atoms with Crippen LogP contribution in [0.15, 0.2) is 29.6 Å². The molecule has 2 aromatic heterocycles. The molecule has 0 spiro atoms. The van der Waals surface area contributed by atoms with Gasteiger partial charge >= 0.3 is 5.97 Å². The summed E-state index contributed by atoms with van der Waals surface area (Å²) in [5.74, 6) is -0.847. The number of esters is 1. The number of nitro groups is 1. The van der Waals surface area contributed by atoms with E-state index in [2.05, 4.69) is 10.1 Å². The summed E-state index contributed by atoms with van der Waals surface area (Å²) in [7, 11) is -4.27. The van der Waals surface area contributed by atoms with Crippen molar-refractivity contribution in [3.05, 3.63) is 40.2 Å². The highest BCUT2D eigenvalue weighted by Crippen LogP contribution is 2.17. The van der Waals surface area contributed by atoms with E-state index in [-0.39, 0.29) is 23.7 Å². The predicted molar refractivity (Wildman–Crippen MR) is 75.3 cm³/mol. The van der Waals surface area contributed by atoms with Crippen LogP contribution in [0.5, 0.6) is 0 Å². The van der Waals surface area contributed by atoms with Gasteiger partial charge < -0.3 is 4.74 Å². The van der Waals surface area contributed by atoms with Crippen LogP contribution in [0, 0.1) is 10.1 Å². The molecular formula is C11H11N5O6S. The summed E-state index contributed by atoms with van der Waals surface area (Å²) in [6, 6.07) is 2.40. The molecule has 12 heteroatoms. The standard InChI is InChI=1S/C11H11N5O6S/c1-2-22-11(17)8-6-15(14-10(8)23(12,20)21)9-4-3-7(5-13-9)16(18)19/h3-6H,2H2,1H3,(H2,12,20,21). The van der Waals surface area contributed by atoms with E-state index in [9.17, 15) is 23.3 Å². The first-order valence-corrected chi connectivity index (χ1v) is 7.69. The second-order valence-electron chi connectivity index (χ2n) is 4.19. The summed E-state index contributed by atoms with van der Waals surface area (Å²) < 4.78 is 28.8. The zero-order valence-electron chi connectivity index (χ0n) is 11.7. The second-order valence-corrected chi connectivity index (χ2v) is 5.67. The van der Waals surface area contributed by atoms with Crippen molar-refractivity contribution in [2.75, 3.05) is 6.61 Å². The summed E-state index contributed by atoms with van der Waals surface area (Å²) >= 11 is 0. The molecule has 0 aromatic carbocycles. The number of pyridine rings is 1. The molecule has 2 N–H and O–H groups in total. The Kier molecular flexibility index (Phi) is 4.38. The van der Waals surface area contributed by atoms with Gasteiger partial charge in [0.1, 0.15) is 11.8 Å². The van der Waals surface area contributed by atoms with Gasteiger partial charge in [0.05, 0.1) is 11.5 Å². The number of sulfonamides is 1. The van der Waals surface area contributed by atoms with E-state index in [4.69, 9.17) is 9.88 Å². The van der Waals surface area contributed by atoms with Gasteiger partial charge in [-0.3, -0.25) is 10.1 Å². The van der Waals surface area contributed by atoms with Crippen LogP contribution in [0.2, 0.25) is 0 Å². The summed E-state index contributed by atoms with van der Waals surface area (Å²) in [5, 5.41) is 18.6. The van der Waals surface area contributed by atoms with Gasteiger partial charge in [0, 0.05) is 12.3 Å². The monoisotopic (exact) mass is 341 g/mol. The van der Waals surface area contributed by atoms with E-state index in [1.165, 1.54) is 6.07 Å². The molecule has 11 nitrogen and oxygen atoms in total. The first-order valence-electron chi connectivity index (χ1n) is 6.14. The van der Waals surface area contributed by atoms with Gasteiger partial charge in [-0.1, -0.05) is 0 Å². The van der Waals surface area contributed by atoms with Crippen LogP contribution in [-0.4, -0.2) is 40.7 Å². The van der Waals surface area contributed by atoms with E-state index in [1.807, 2.05) is 0 Å². The summed E-state index contributed by atoms with van der Waals surface area (Å²) in [6.07, 6.45) is 2.05. The molecule has 2 rings (SSSR count). The van der Waals surface area contributed by atoms with Gasteiger partial charge in [0.2, 0.25) is 5.03 Å². The van der Waals surface area contributed by atoms with Crippen molar-refractivity contribution in [3.63, 3.8) is 0 Å². The molecule has 122 valence electrons. The highest BCUT2D eigenvalue weighted by Gasteiger charge is 2.26. The van der Waals surface area contributed by atoms with E-state index < -0.39 is 25.9 Å². The van der Waals surface area contributed by atoms with Gasteiger partial charge in [-0.2, -0.15) is 5.10 Å². The van der Waals surface area contributed by atoms with Crippen molar-refractivity contribution in [2.24, 2.45) is 5.14 Å². The van der Waals surface area contributed by atoms with Gasteiger partial charge in [-0.25, -0.2) is 28.0 Å². The number of hydrogen-bond donors (Lipinski definition) is 1. The second kappa shape index (κ2) is 6.10. The molecular weight excluding hydrogens is 330 g/mol. The van der Waals surface area contributed by atoms with E-state index in [0.717, 1.165) is 23.1 Å². The number of aromatic nitrogens is 3. The van der Waals surface area contributed by atoms with Crippen molar-refractivity contribution in [2.45, 2.75) is 11.9 Å². The minimum absolute atomic E-state index is 0.0316. The van der Waals surface area contributed by atoms with Gasteiger partial charge in [0.15, 0.2) is 5.82 Å². The molecule has 0 bridgehead atoms. The normalized spacial score (nSPS) is 11.2. The van der Waals surface area contributed by atoms with Gasteiger partial charge in [0.25, 0.3) is 15.7 Å². The fourth-order valence-electron chi connectivity index (χ4n) is 1.66. The minimum Gasteiger partial charge on any atom is -0.462 e. The Morgan fingerprint density at radius 3 is 2.65 bits per heavy atom. The minimum atomic E-state index is -4.27. The van der Waals surface area contributed by atoms with E-state index in [1.54, 1.807) is 6.92 Å². The van der Waals surface area contributed by atoms with Crippen LogP contribution in [0.4, 0.5) is 5.69 Å². The maximum atomic E-state index is 11.8. The lowest BCUT2D eigenvalue weighted by atomic mass is 10.3. The summed E-state index contributed by atoms with van der Waals surface area (Å²) in [6.45, 7) is 1.58. The molecule has 0 aliphatic carbocycles. The predicted octanol–water partition coefficient (Wildman–Crippen LogP) is -0.000400. The third-order valence-corrected chi connectivity index (χ3v) is 3.46. The number of rotatable bonds is 5. The van der Waals surface area contributed by atoms with Crippen molar-refractivity contribution in [1.82, 2.24) is 14.8 Å². The number of nitrogens with zero attached hydrogens (tertiary/aromatic N) is 4. The fourth-order valence-corrected chi connectivity index (χ4v) is 2.30. The Bertz CT molecular complexity index is 858. The van der Waals surface area contributed by atoms with Crippen molar-refractivity contribution >= 4 is 21.7 Å². The van der Waals surface area contributed by atoms with E-state index >= 15 is 0 Å². The summed E-state index contributed by atoms with van der Waals surface area (Å²) in [4.78, 5) is 25.5. The molecule has 2 aromatic rings. The number of carbonyl (C=O) groups is 1. The van der Waals surface area contributed by atoms with Crippen LogP contribution < -0.4 is 5.14 Å². The average Bonchev–Trinajstić information content (AvgIpc) is 2.93. The molecule has 0 amide bonds. The molecule has 0 aliphatic heterocycles. The lowest BCUT2D eigenvalue weighted by molar-refractivity contribution is -0.385. The molecule has 0 saturated carbocycles. The topological polar surface area (TPSA) is 160 Å². The Morgan fingerprint density at radius 2 is 2.17 bits per heavy atom. The van der Waals surface area contributed by atoms with E-state index in [0.29, 0.717) is 0 Å². The molecule has 0 atom stereocenters. The third kappa shape index (κ3) is 3.49. The quantitative estimate of drug-likeness (QED) is 0.451. The lowest BCUT2D eigenvalue weighted by Gasteiger charge is -1.99. The number of primary sulfonamides is 1. The van der Waals surface area contributed by atoms with Crippen molar-refractivity contribution < 1.29 is 22.9 Å². The molecule has 0 radical (unpaired) electrons. The Balaban J connectivity index is 2.52. The Hall–Kier alpha value is -2.86. The highest BCUT2D eigenvalue weighted by molar-refractivity contribution is 7.89. The van der Waals surface area contributed by atoms with Crippen LogP contribution in [-0.2, 0) is 14.8 Å². The largest absolute Gasteiger partial charge is 0.462 e. The number of nitrogens with two attached hydrogens (primary N) is 1. The molecule has 0 unspecified atom stereocenters. The molecule has 0 saturated heterocycles. The van der Waals surface area contributed by atoms with Crippen LogP contribution in [0.1, 0.15) is 17.3 Å². The van der Waals surface area contributed by atoms with Crippen LogP contribution >= 0.6 is 0 Å². The zero-order chi connectivity index (χ0) is 17.2. The van der Waals surface area contributed by atoms with Crippen molar-refractivity contribution in [1.29, 1.82) is 0 Å². The third-order valence-electron chi connectivity index (χ3n) is 2.62. The Morgan fingerprint density at radius 1 is 1.48 bits per heavy atom. The SMILES string of the molecule is CCOC(=O)c1cn(-c2ccc([N+](=O)[O-])cn2)nc1S(N)(=O)=O. The smallest absolute Gasteiger partial charge is 0.342 e. The maximum Gasteiger partial charge on any atom is 0.342 e. The van der Waals surface area contributed by atoms with Crippen molar-refractivity contribution in [3.8, 4) is 5.82 Å². The van der Waals surface area contributed by atoms with Gasteiger partial charge in [-0.15, -0.1) is 0 Å². The maximum absolute atomic E-state index is 11.8. The van der Waals surface area contributed by atoms with Crippen LogP contribution in [0.3, 0.4) is 0 Å². The summed E-state index contributed by atoms with van der Waals surface area (Å²) in [5.41, 5.74) is -0.604. The lowest BCUT2D eigenvalue weighted by Crippen LogP contribution is -2.17.